The Morgan fingerprint density at radius 1 is 1.17 bits per heavy atom. The van der Waals surface area contributed by atoms with E-state index in [0.29, 0.717) is 23.8 Å². The van der Waals surface area contributed by atoms with Crippen molar-refractivity contribution in [1.82, 2.24) is 15.3 Å². The summed E-state index contributed by atoms with van der Waals surface area (Å²) < 4.78 is 23.0. The van der Waals surface area contributed by atoms with Gasteiger partial charge in [-0.2, -0.15) is 0 Å². The molecule has 0 aromatic carbocycles. The molecular formula is C15H22N4O3S. The van der Waals surface area contributed by atoms with E-state index in [1.165, 1.54) is 0 Å². The van der Waals surface area contributed by atoms with E-state index in [1.54, 1.807) is 13.0 Å². The highest BCUT2D eigenvalue weighted by molar-refractivity contribution is 7.91. The van der Waals surface area contributed by atoms with Crippen molar-refractivity contribution in [2.45, 2.75) is 51.1 Å². The summed E-state index contributed by atoms with van der Waals surface area (Å²) in [5, 5.41) is 6.05. The Kier molecular flexibility index (Phi) is 4.52. The van der Waals surface area contributed by atoms with Gasteiger partial charge in [-0.25, -0.2) is 18.4 Å². The van der Waals surface area contributed by atoms with Crippen LogP contribution in [0, 0.1) is 6.92 Å². The predicted molar refractivity (Wildman–Crippen MR) is 87.2 cm³/mol. The van der Waals surface area contributed by atoms with Crippen molar-refractivity contribution in [1.29, 1.82) is 0 Å². The predicted octanol–water partition coefficient (Wildman–Crippen LogP) is 1.06. The van der Waals surface area contributed by atoms with Crippen molar-refractivity contribution in [3.05, 3.63) is 17.5 Å². The van der Waals surface area contributed by atoms with E-state index in [0.717, 1.165) is 25.7 Å². The summed E-state index contributed by atoms with van der Waals surface area (Å²) in [6.45, 7) is 1.80. The lowest BCUT2D eigenvalue weighted by molar-refractivity contribution is 0.0932. The summed E-state index contributed by atoms with van der Waals surface area (Å²) in [5.74, 6) is 0.410. The quantitative estimate of drug-likeness (QED) is 0.851. The molecule has 0 spiro atoms. The molecule has 1 aliphatic heterocycles. The first kappa shape index (κ1) is 16.2. The van der Waals surface area contributed by atoms with E-state index in [2.05, 4.69) is 20.6 Å². The summed E-state index contributed by atoms with van der Waals surface area (Å²) in [5.41, 5.74) is 1.01. The van der Waals surface area contributed by atoms with Gasteiger partial charge in [-0.1, -0.05) is 12.8 Å². The number of anilines is 1. The molecule has 1 aliphatic carbocycles. The Morgan fingerprint density at radius 2 is 1.91 bits per heavy atom. The molecule has 1 saturated heterocycles. The highest BCUT2D eigenvalue weighted by Crippen LogP contribution is 2.19. The average Bonchev–Trinajstić information content (AvgIpc) is 3.08. The number of nitrogens with zero attached hydrogens (tertiary/aromatic N) is 2. The number of carbonyl (C=O) groups is 1. The summed E-state index contributed by atoms with van der Waals surface area (Å²) in [7, 11) is -2.97. The Bertz CT molecular complexity index is 699. The standard InChI is InChI=1S/C15H22N4O3S/c1-10-8-13(14(20)17-11-4-2-3-5-11)19-15(16-10)18-12-6-7-23(21,22)9-12/h8,11-12H,2-7,9H2,1H3,(H,17,20)(H,16,18,19). The van der Waals surface area contributed by atoms with Crippen LogP contribution in [-0.4, -0.2) is 47.9 Å². The lowest BCUT2D eigenvalue weighted by atomic mass is 10.2. The Labute approximate surface area is 136 Å². The molecule has 0 radical (unpaired) electrons. The fourth-order valence-electron chi connectivity index (χ4n) is 3.17. The van der Waals surface area contributed by atoms with Crippen LogP contribution in [0.3, 0.4) is 0 Å². The summed E-state index contributed by atoms with van der Waals surface area (Å²) in [4.78, 5) is 20.8. The van der Waals surface area contributed by atoms with Crippen LogP contribution in [0.1, 0.15) is 48.3 Å². The molecule has 7 nitrogen and oxygen atoms in total. The molecule has 1 aromatic heterocycles. The largest absolute Gasteiger partial charge is 0.350 e. The van der Waals surface area contributed by atoms with E-state index >= 15 is 0 Å². The lowest BCUT2D eigenvalue weighted by Crippen LogP contribution is -2.33. The van der Waals surface area contributed by atoms with Gasteiger partial charge in [0.1, 0.15) is 5.69 Å². The van der Waals surface area contributed by atoms with Crippen LogP contribution in [0.4, 0.5) is 5.95 Å². The third-order valence-corrected chi connectivity index (χ3v) is 6.11. The second-order valence-electron chi connectivity index (χ2n) is 6.42. The van der Waals surface area contributed by atoms with Gasteiger partial charge in [0.15, 0.2) is 9.84 Å². The van der Waals surface area contributed by atoms with Crippen molar-refractivity contribution >= 4 is 21.7 Å². The van der Waals surface area contributed by atoms with Crippen LogP contribution >= 0.6 is 0 Å². The van der Waals surface area contributed by atoms with Gasteiger partial charge in [0, 0.05) is 17.8 Å². The molecule has 126 valence electrons. The van der Waals surface area contributed by atoms with Gasteiger partial charge < -0.3 is 10.6 Å². The topological polar surface area (TPSA) is 101 Å². The third kappa shape index (κ3) is 4.19. The van der Waals surface area contributed by atoms with Crippen LogP contribution < -0.4 is 10.6 Å². The minimum absolute atomic E-state index is 0.0912. The third-order valence-electron chi connectivity index (χ3n) is 4.34. The van der Waals surface area contributed by atoms with Gasteiger partial charge in [0.25, 0.3) is 5.91 Å². The number of carbonyl (C=O) groups excluding carboxylic acids is 1. The van der Waals surface area contributed by atoms with Crippen LogP contribution in [0.5, 0.6) is 0 Å². The molecule has 1 aromatic rings. The second kappa shape index (κ2) is 6.43. The molecule has 23 heavy (non-hydrogen) atoms. The minimum Gasteiger partial charge on any atom is -0.350 e. The fourth-order valence-corrected chi connectivity index (χ4v) is 4.84. The van der Waals surface area contributed by atoms with Crippen molar-refractivity contribution in [2.75, 3.05) is 16.8 Å². The zero-order valence-corrected chi connectivity index (χ0v) is 14.0. The molecule has 2 heterocycles. The van der Waals surface area contributed by atoms with Gasteiger partial charge in [-0.3, -0.25) is 4.79 Å². The molecule has 1 unspecified atom stereocenters. The lowest BCUT2D eigenvalue weighted by Gasteiger charge is -2.14. The Balaban J connectivity index is 1.69. The summed E-state index contributed by atoms with van der Waals surface area (Å²) >= 11 is 0. The van der Waals surface area contributed by atoms with Crippen molar-refractivity contribution in [3.63, 3.8) is 0 Å². The van der Waals surface area contributed by atoms with E-state index < -0.39 is 9.84 Å². The fraction of sp³-hybridized carbons (Fsp3) is 0.667. The molecule has 3 rings (SSSR count). The van der Waals surface area contributed by atoms with E-state index in [4.69, 9.17) is 0 Å². The molecule has 2 N–H and O–H groups in total. The first-order chi connectivity index (χ1) is 10.9. The van der Waals surface area contributed by atoms with Gasteiger partial charge in [-0.05, 0) is 32.3 Å². The second-order valence-corrected chi connectivity index (χ2v) is 8.65. The smallest absolute Gasteiger partial charge is 0.270 e. The van der Waals surface area contributed by atoms with E-state index in [9.17, 15) is 13.2 Å². The molecule has 1 atom stereocenters. The average molecular weight is 338 g/mol. The molecule has 1 saturated carbocycles. The molecule has 0 bridgehead atoms. The van der Waals surface area contributed by atoms with Crippen molar-refractivity contribution < 1.29 is 13.2 Å². The maximum Gasteiger partial charge on any atom is 0.270 e. The molecule has 2 aliphatic rings. The van der Waals surface area contributed by atoms with Gasteiger partial charge in [0.2, 0.25) is 5.95 Å². The number of rotatable bonds is 4. The van der Waals surface area contributed by atoms with E-state index in [-0.39, 0.29) is 29.5 Å². The number of nitrogens with one attached hydrogen (secondary N) is 2. The molecule has 8 heteroatoms. The monoisotopic (exact) mass is 338 g/mol. The van der Waals surface area contributed by atoms with Crippen LogP contribution in [0.15, 0.2) is 6.07 Å². The number of sulfone groups is 1. The highest BCUT2D eigenvalue weighted by Gasteiger charge is 2.28. The SMILES string of the molecule is Cc1cc(C(=O)NC2CCCC2)nc(NC2CCS(=O)(=O)C2)n1. The first-order valence-electron chi connectivity index (χ1n) is 8.05. The number of hydrogen-bond acceptors (Lipinski definition) is 6. The van der Waals surface area contributed by atoms with Crippen molar-refractivity contribution in [2.24, 2.45) is 0 Å². The highest BCUT2D eigenvalue weighted by atomic mass is 32.2. The number of aryl methyl sites for hydroxylation is 1. The summed E-state index contributed by atoms with van der Waals surface area (Å²) in [6, 6.07) is 1.70. The van der Waals surface area contributed by atoms with Gasteiger partial charge >= 0.3 is 0 Å². The Morgan fingerprint density at radius 3 is 2.57 bits per heavy atom. The van der Waals surface area contributed by atoms with Crippen LogP contribution in [0.2, 0.25) is 0 Å². The van der Waals surface area contributed by atoms with E-state index in [1.807, 2.05) is 0 Å². The van der Waals surface area contributed by atoms with Crippen LogP contribution in [0.25, 0.3) is 0 Å². The molecule has 2 fully saturated rings. The normalized spacial score (nSPS) is 23.8. The molecule has 1 amide bonds. The van der Waals surface area contributed by atoms with Crippen molar-refractivity contribution in [3.8, 4) is 0 Å². The molecular weight excluding hydrogens is 316 g/mol. The zero-order chi connectivity index (χ0) is 16.4. The minimum atomic E-state index is -2.97. The maximum absolute atomic E-state index is 12.3. The number of amides is 1. The number of aromatic nitrogens is 2. The van der Waals surface area contributed by atoms with Gasteiger partial charge in [-0.15, -0.1) is 0 Å². The van der Waals surface area contributed by atoms with Crippen LogP contribution in [-0.2, 0) is 9.84 Å². The maximum atomic E-state index is 12.3. The zero-order valence-electron chi connectivity index (χ0n) is 13.2. The summed E-state index contributed by atoms with van der Waals surface area (Å²) in [6.07, 6.45) is 4.87. The Hall–Kier alpha value is -1.70. The first-order valence-corrected chi connectivity index (χ1v) is 9.87. The number of hydrogen-bond donors (Lipinski definition) is 2. The van der Waals surface area contributed by atoms with Gasteiger partial charge in [0.05, 0.1) is 11.5 Å².